The van der Waals surface area contributed by atoms with Crippen molar-refractivity contribution in [3.05, 3.63) is 64.7 Å². The van der Waals surface area contributed by atoms with E-state index in [4.69, 9.17) is 9.47 Å². The first-order chi connectivity index (χ1) is 13.6. The Balaban J connectivity index is 1.66. The normalized spacial score (nSPS) is 13.8. The molecule has 0 fully saturated rings. The number of pyridine rings is 1. The Morgan fingerprint density at radius 1 is 1.29 bits per heavy atom. The van der Waals surface area contributed by atoms with Crippen LogP contribution in [0.4, 0.5) is 4.39 Å². The van der Waals surface area contributed by atoms with Crippen LogP contribution in [-0.2, 0) is 27.2 Å². The summed E-state index contributed by atoms with van der Waals surface area (Å²) in [4.78, 5) is 20.8. The molecule has 0 saturated carbocycles. The van der Waals surface area contributed by atoms with E-state index < -0.39 is 5.82 Å². The van der Waals surface area contributed by atoms with Crippen molar-refractivity contribution >= 4 is 11.7 Å². The number of halogens is 1. The van der Waals surface area contributed by atoms with E-state index in [2.05, 4.69) is 9.98 Å². The Bertz CT molecular complexity index is 855. The number of Topliss-reactive ketones (excluding diaryl/α,β-unsaturated/α-hetero) is 1. The summed E-state index contributed by atoms with van der Waals surface area (Å²) in [5.41, 5.74) is 1.89. The minimum atomic E-state index is -0.514. The molecule has 1 aliphatic heterocycles. The molecule has 0 unspecified atom stereocenters. The lowest BCUT2D eigenvalue weighted by molar-refractivity contribution is -0.119. The van der Waals surface area contributed by atoms with Gasteiger partial charge in [0.1, 0.15) is 12.4 Å². The molecule has 28 heavy (non-hydrogen) atoms. The number of methoxy groups -OCH3 is 1. The molecule has 6 nitrogen and oxygen atoms in total. The summed E-state index contributed by atoms with van der Waals surface area (Å²) in [5, 5.41) is 9.61. The van der Waals surface area contributed by atoms with Crippen molar-refractivity contribution in [1.82, 2.24) is 4.98 Å². The fourth-order valence-corrected chi connectivity index (χ4v) is 3.16. The van der Waals surface area contributed by atoms with Crippen molar-refractivity contribution < 1.29 is 23.8 Å². The summed E-state index contributed by atoms with van der Waals surface area (Å²) in [5.74, 6) is -0.652. The number of ketones is 1. The number of fused-ring (bicyclic) bond motifs is 1. The molecular weight excluding hydrogens is 363 g/mol. The minimum Gasteiger partial charge on any atom is -0.475 e. The number of ether oxygens (including phenoxy) is 2. The Labute approximate surface area is 163 Å². The van der Waals surface area contributed by atoms with Gasteiger partial charge >= 0.3 is 0 Å². The van der Waals surface area contributed by atoms with Gasteiger partial charge in [0.25, 0.3) is 0 Å². The summed E-state index contributed by atoms with van der Waals surface area (Å²) in [7, 11) is 1.57. The predicted octanol–water partition coefficient (Wildman–Crippen LogP) is 2.42. The summed E-state index contributed by atoms with van der Waals surface area (Å²) in [6, 6.07) is 9.32. The van der Waals surface area contributed by atoms with Gasteiger partial charge in [-0.15, -0.1) is 0 Å². The molecule has 0 amide bonds. The Hall–Kier alpha value is -2.64. The predicted molar refractivity (Wildman–Crippen MR) is 102 cm³/mol. The second kappa shape index (κ2) is 9.52. The molecule has 2 heterocycles. The molecular formula is C21H23FN2O4. The highest BCUT2D eigenvalue weighted by atomic mass is 19.1. The van der Waals surface area contributed by atoms with Crippen LogP contribution >= 0.6 is 0 Å². The van der Waals surface area contributed by atoms with E-state index in [1.54, 1.807) is 7.11 Å². The molecule has 3 rings (SSSR count). The lowest BCUT2D eigenvalue weighted by Crippen LogP contribution is -2.15. The van der Waals surface area contributed by atoms with Gasteiger partial charge in [-0.25, -0.2) is 9.38 Å². The number of nitrogens with zero attached hydrogens (tertiary/aromatic N) is 2. The quantitative estimate of drug-likeness (QED) is 0.670. The topological polar surface area (TPSA) is 81.0 Å². The molecule has 1 aromatic heterocycles. The van der Waals surface area contributed by atoms with Crippen LogP contribution < -0.4 is 0 Å². The van der Waals surface area contributed by atoms with E-state index in [0.29, 0.717) is 30.2 Å². The van der Waals surface area contributed by atoms with E-state index in [0.717, 1.165) is 5.56 Å². The van der Waals surface area contributed by atoms with Gasteiger partial charge in [0.2, 0.25) is 5.90 Å². The molecule has 1 aliphatic rings. The fraction of sp³-hybridized carbons (Fsp3) is 0.381. The molecule has 1 atom stereocenters. The molecule has 7 heteroatoms. The van der Waals surface area contributed by atoms with Crippen LogP contribution in [0.2, 0.25) is 0 Å². The summed E-state index contributed by atoms with van der Waals surface area (Å²) in [6.45, 7) is 0.741. The zero-order chi connectivity index (χ0) is 19.9. The maximum absolute atomic E-state index is 14.8. The first-order valence-corrected chi connectivity index (χ1v) is 9.14. The summed E-state index contributed by atoms with van der Waals surface area (Å²) in [6.07, 6.45) is 1.50. The third kappa shape index (κ3) is 4.61. The highest BCUT2D eigenvalue weighted by Gasteiger charge is 2.25. The summed E-state index contributed by atoms with van der Waals surface area (Å²) >= 11 is 0. The highest BCUT2D eigenvalue weighted by Crippen LogP contribution is 2.25. The standard InChI is InChI=1S/C21H23FN2O4/c1-27-7-8-28-21-18-12-23-19(20(22)17(18)11-24-21)10-16(26)9-15(13-25)14-5-3-2-4-6-14/h2-6,12,15,25H,7-11,13H2,1H3/t15-/m1/s1. The molecule has 148 valence electrons. The highest BCUT2D eigenvalue weighted by molar-refractivity contribution is 5.97. The van der Waals surface area contributed by atoms with Gasteiger partial charge in [0.05, 0.1) is 37.4 Å². The van der Waals surface area contributed by atoms with Gasteiger partial charge in [0, 0.05) is 31.2 Å². The van der Waals surface area contributed by atoms with Crippen LogP contribution in [0.1, 0.15) is 34.7 Å². The van der Waals surface area contributed by atoms with Gasteiger partial charge in [-0.05, 0) is 5.56 Å². The number of aromatic nitrogens is 1. The Morgan fingerprint density at radius 2 is 2.07 bits per heavy atom. The van der Waals surface area contributed by atoms with Crippen molar-refractivity contribution in [2.24, 2.45) is 4.99 Å². The van der Waals surface area contributed by atoms with Crippen LogP contribution in [0, 0.1) is 5.82 Å². The number of rotatable bonds is 9. The van der Waals surface area contributed by atoms with E-state index in [9.17, 15) is 14.3 Å². The first-order valence-electron chi connectivity index (χ1n) is 9.14. The van der Waals surface area contributed by atoms with Crippen molar-refractivity contribution in [3.8, 4) is 0 Å². The van der Waals surface area contributed by atoms with Gasteiger partial charge in [-0.2, -0.15) is 0 Å². The molecule has 0 saturated heterocycles. The number of carbonyl (C=O) groups excluding carboxylic acids is 1. The molecule has 0 spiro atoms. The first kappa shape index (κ1) is 20.1. The third-order valence-corrected chi connectivity index (χ3v) is 4.66. The second-order valence-electron chi connectivity index (χ2n) is 6.58. The molecule has 0 bridgehead atoms. The molecule has 2 aromatic rings. The molecule has 0 aliphatic carbocycles. The van der Waals surface area contributed by atoms with Gasteiger partial charge < -0.3 is 14.6 Å². The zero-order valence-electron chi connectivity index (χ0n) is 15.7. The number of hydrogen-bond acceptors (Lipinski definition) is 6. The van der Waals surface area contributed by atoms with Crippen molar-refractivity contribution in [2.75, 3.05) is 26.9 Å². The lowest BCUT2D eigenvalue weighted by Gasteiger charge is -2.14. The van der Waals surface area contributed by atoms with Crippen molar-refractivity contribution in [3.63, 3.8) is 0 Å². The fourth-order valence-electron chi connectivity index (χ4n) is 3.16. The minimum absolute atomic E-state index is 0.0989. The largest absolute Gasteiger partial charge is 0.475 e. The third-order valence-electron chi connectivity index (χ3n) is 4.66. The Kier molecular flexibility index (Phi) is 6.84. The van der Waals surface area contributed by atoms with Crippen LogP contribution in [0.3, 0.4) is 0 Å². The zero-order valence-corrected chi connectivity index (χ0v) is 15.7. The second-order valence-corrected chi connectivity index (χ2v) is 6.58. The average molecular weight is 386 g/mol. The maximum Gasteiger partial charge on any atom is 0.218 e. The average Bonchev–Trinajstić information content (AvgIpc) is 3.13. The smallest absolute Gasteiger partial charge is 0.218 e. The number of benzene rings is 1. The number of aliphatic hydroxyl groups is 1. The summed E-state index contributed by atoms with van der Waals surface area (Å²) < 4.78 is 25.2. The van der Waals surface area contributed by atoms with E-state index >= 15 is 0 Å². The SMILES string of the molecule is COCCOC1=NCc2c1cnc(CC(=O)C[C@H](CO)c1ccccc1)c2F. The molecule has 1 aromatic carbocycles. The van der Waals surface area contributed by atoms with Gasteiger partial charge in [-0.1, -0.05) is 30.3 Å². The van der Waals surface area contributed by atoms with Crippen LogP contribution in [0.15, 0.2) is 41.5 Å². The van der Waals surface area contributed by atoms with E-state index in [1.807, 2.05) is 30.3 Å². The van der Waals surface area contributed by atoms with E-state index in [-0.39, 0.29) is 43.4 Å². The van der Waals surface area contributed by atoms with Crippen molar-refractivity contribution in [2.45, 2.75) is 25.3 Å². The van der Waals surface area contributed by atoms with Crippen LogP contribution in [0.5, 0.6) is 0 Å². The van der Waals surface area contributed by atoms with E-state index in [1.165, 1.54) is 6.20 Å². The lowest BCUT2D eigenvalue weighted by atomic mass is 9.93. The Morgan fingerprint density at radius 3 is 2.79 bits per heavy atom. The van der Waals surface area contributed by atoms with Gasteiger partial charge in [0.15, 0.2) is 5.82 Å². The van der Waals surface area contributed by atoms with Crippen molar-refractivity contribution in [1.29, 1.82) is 0 Å². The van der Waals surface area contributed by atoms with Gasteiger partial charge in [-0.3, -0.25) is 9.78 Å². The molecule has 1 N–H and O–H groups in total. The number of aliphatic hydroxyl groups excluding tert-OH is 1. The number of hydrogen-bond donors (Lipinski definition) is 1. The number of aliphatic imine (C=N–C) groups is 1. The number of carbonyl (C=O) groups is 1. The monoisotopic (exact) mass is 386 g/mol. The maximum atomic E-state index is 14.8. The van der Waals surface area contributed by atoms with Crippen LogP contribution in [-0.4, -0.2) is 48.7 Å². The van der Waals surface area contributed by atoms with Crippen LogP contribution in [0.25, 0.3) is 0 Å². The molecule has 0 radical (unpaired) electrons.